The van der Waals surface area contributed by atoms with Crippen molar-refractivity contribution in [2.45, 2.75) is 39.2 Å². The van der Waals surface area contributed by atoms with E-state index in [4.69, 9.17) is 5.26 Å². The van der Waals surface area contributed by atoms with E-state index in [2.05, 4.69) is 61.3 Å². The number of hydrogen-bond donors (Lipinski definition) is 1. The molecule has 0 aliphatic heterocycles. The fourth-order valence-electron chi connectivity index (χ4n) is 2.48. The second-order valence-corrected chi connectivity index (χ2v) is 8.17. The van der Waals surface area contributed by atoms with Crippen LogP contribution in [0, 0.1) is 11.3 Å². The number of carbonyl (C=O) groups is 1. The molecule has 1 aromatic heterocycles. The Morgan fingerprint density at radius 1 is 1.24 bits per heavy atom. The van der Waals surface area contributed by atoms with Crippen LogP contribution in [0.2, 0.25) is 0 Å². The van der Waals surface area contributed by atoms with Gasteiger partial charge < -0.3 is 10.2 Å². The van der Waals surface area contributed by atoms with Gasteiger partial charge in [0.25, 0.3) is 0 Å². The summed E-state index contributed by atoms with van der Waals surface area (Å²) in [6.45, 7) is 8.09. The molecule has 25 heavy (non-hydrogen) atoms. The van der Waals surface area contributed by atoms with E-state index in [0.29, 0.717) is 23.5 Å². The number of rotatable bonds is 6. The molecular weight excluding hydrogens is 330 g/mol. The van der Waals surface area contributed by atoms with Gasteiger partial charge in [-0.25, -0.2) is 0 Å². The topological polar surface area (TPSA) is 56.1 Å². The van der Waals surface area contributed by atoms with Crippen LogP contribution in [0.3, 0.4) is 0 Å². The summed E-state index contributed by atoms with van der Waals surface area (Å²) in [7, 11) is 2.01. The summed E-state index contributed by atoms with van der Waals surface area (Å²) in [5.74, 6) is -0.0612. The molecule has 0 saturated carbocycles. The van der Waals surface area contributed by atoms with Crippen molar-refractivity contribution in [1.29, 1.82) is 5.26 Å². The van der Waals surface area contributed by atoms with Crippen LogP contribution in [-0.2, 0) is 16.8 Å². The lowest BCUT2D eigenvalue weighted by Crippen LogP contribution is -2.24. The zero-order valence-electron chi connectivity index (χ0n) is 15.3. The Morgan fingerprint density at radius 2 is 1.92 bits per heavy atom. The van der Waals surface area contributed by atoms with Crippen molar-refractivity contribution in [2.24, 2.45) is 0 Å². The molecule has 1 heterocycles. The Hall–Kier alpha value is -2.16. The highest BCUT2D eigenvalue weighted by Crippen LogP contribution is 2.23. The van der Waals surface area contributed by atoms with Crippen LogP contribution in [0.1, 0.15) is 43.9 Å². The van der Waals surface area contributed by atoms with Gasteiger partial charge in [-0.15, -0.1) is 11.3 Å². The summed E-state index contributed by atoms with van der Waals surface area (Å²) >= 11 is 1.37. The average molecular weight is 356 g/mol. The van der Waals surface area contributed by atoms with Gasteiger partial charge in [-0.05, 0) is 35.0 Å². The summed E-state index contributed by atoms with van der Waals surface area (Å²) in [5.41, 5.74) is 3.24. The minimum atomic E-state index is -0.0612. The normalized spacial score (nSPS) is 11.4. The Bertz CT molecular complexity index is 750. The Balaban J connectivity index is 1.81. The first kappa shape index (κ1) is 19.2. The average Bonchev–Trinajstić information content (AvgIpc) is 2.99. The van der Waals surface area contributed by atoms with Gasteiger partial charge in [0.05, 0.1) is 5.56 Å². The van der Waals surface area contributed by atoms with Gasteiger partial charge >= 0.3 is 0 Å². The first-order chi connectivity index (χ1) is 11.8. The number of nitrogens with one attached hydrogen (secondary N) is 1. The number of carbonyl (C=O) groups excluding carboxylic acids is 1. The molecule has 0 unspecified atom stereocenters. The number of nitrogens with zero attached hydrogens (tertiary/aromatic N) is 2. The monoisotopic (exact) mass is 355 g/mol. The number of hydrogen-bond acceptors (Lipinski definition) is 4. The van der Waals surface area contributed by atoms with Gasteiger partial charge in [0.2, 0.25) is 5.91 Å². The number of amides is 1. The lowest BCUT2D eigenvalue weighted by molar-refractivity contribution is -0.116. The maximum atomic E-state index is 12.0. The van der Waals surface area contributed by atoms with E-state index in [-0.39, 0.29) is 11.3 Å². The van der Waals surface area contributed by atoms with Crippen LogP contribution in [0.4, 0.5) is 5.00 Å². The summed E-state index contributed by atoms with van der Waals surface area (Å²) in [6.07, 6.45) is 0.402. The maximum Gasteiger partial charge on any atom is 0.226 e. The van der Waals surface area contributed by atoms with Crippen LogP contribution in [-0.4, -0.2) is 24.4 Å². The summed E-state index contributed by atoms with van der Waals surface area (Å²) < 4.78 is 0. The minimum Gasteiger partial charge on any atom is -0.317 e. The van der Waals surface area contributed by atoms with E-state index in [1.165, 1.54) is 22.5 Å². The molecule has 0 fully saturated rings. The highest BCUT2D eigenvalue weighted by atomic mass is 32.1. The SMILES string of the molecule is CN(CCC(=O)Nc1sccc1C#N)Cc1ccc(C(C)(C)C)cc1. The third kappa shape index (κ3) is 5.70. The molecule has 0 spiro atoms. The summed E-state index contributed by atoms with van der Waals surface area (Å²) in [4.78, 5) is 14.2. The van der Waals surface area contributed by atoms with E-state index in [1.54, 1.807) is 6.07 Å². The molecule has 1 aromatic carbocycles. The molecule has 0 atom stereocenters. The van der Waals surface area contributed by atoms with Gasteiger partial charge in [-0.3, -0.25) is 4.79 Å². The standard InChI is InChI=1S/C20H25N3OS/c1-20(2,3)17-7-5-15(6-8-17)14-23(4)11-9-18(24)22-19-16(13-21)10-12-25-19/h5-8,10,12H,9,11,14H2,1-4H3,(H,22,24). The highest BCUT2D eigenvalue weighted by molar-refractivity contribution is 7.14. The number of anilines is 1. The second kappa shape index (κ2) is 8.28. The molecule has 0 bridgehead atoms. The molecule has 1 N–H and O–H groups in total. The van der Waals surface area contributed by atoms with Crippen molar-refractivity contribution < 1.29 is 4.79 Å². The Morgan fingerprint density at radius 3 is 2.52 bits per heavy atom. The number of benzene rings is 1. The van der Waals surface area contributed by atoms with Crippen LogP contribution in [0.5, 0.6) is 0 Å². The van der Waals surface area contributed by atoms with Gasteiger partial charge in [0.1, 0.15) is 11.1 Å². The molecule has 132 valence electrons. The molecule has 4 nitrogen and oxygen atoms in total. The Labute approximate surface area is 154 Å². The molecule has 5 heteroatoms. The molecule has 2 rings (SSSR count). The van der Waals surface area contributed by atoms with E-state index >= 15 is 0 Å². The van der Waals surface area contributed by atoms with Crippen molar-refractivity contribution in [3.8, 4) is 6.07 Å². The maximum absolute atomic E-state index is 12.0. The van der Waals surface area contributed by atoms with Crippen molar-refractivity contribution in [2.75, 3.05) is 18.9 Å². The first-order valence-corrected chi connectivity index (χ1v) is 9.23. The minimum absolute atomic E-state index is 0.0612. The second-order valence-electron chi connectivity index (χ2n) is 7.26. The summed E-state index contributed by atoms with van der Waals surface area (Å²) in [6, 6.07) is 12.5. The van der Waals surface area contributed by atoms with Crippen molar-refractivity contribution in [3.63, 3.8) is 0 Å². The zero-order valence-corrected chi connectivity index (χ0v) is 16.1. The van der Waals surface area contributed by atoms with Crippen LogP contribution < -0.4 is 5.32 Å². The highest BCUT2D eigenvalue weighted by Gasteiger charge is 2.13. The first-order valence-electron chi connectivity index (χ1n) is 8.35. The molecule has 0 aliphatic rings. The van der Waals surface area contributed by atoms with Gasteiger partial charge in [0, 0.05) is 19.5 Å². The van der Waals surface area contributed by atoms with Crippen LogP contribution >= 0.6 is 11.3 Å². The van der Waals surface area contributed by atoms with E-state index in [1.807, 2.05) is 12.4 Å². The molecular formula is C20H25N3OS. The molecule has 1 amide bonds. The fraction of sp³-hybridized carbons (Fsp3) is 0.400. The molecule has 0 saturated heterocycles. The van der Waals surface area contributed by atoms with Crippen LogP contribution in [0.25, 0.3) is 0 Å². The zero-order chi connectivity index (χ0) is 18.4. The van der Waals surface area contributed by atoms with Gasteiger partial charge in [0.15, 0.2) is 0 Å². The van der Waals surface area contributed by atoms with Gasteiger partial charge in [-0.2, -0.15) is 5.26 Å². The van der Waals surface area contributed by atoms with E-state index < -0.39 is 0 Å². The number of thiophene rings is 1. The quantitative estimate of drug-likeness (QED) is 0.837. The predicted octanol–water partition coefficient (Wildman–Crippen LogP) is 4.38. The lowest BCUT2D eigenvalue weighted by atomic mass is 9.87. The van der Waals surface area contributed by atoms with Crippen molar-refractivity contribution in [3.05, 3.63) is 52.4 Å². The van der Waals surface area contributed by atoms with E-state index in [0.717, 1.165) is 6.54 Å². The largest absolute Gasteiger partial charge is 0.317 e. The third-order valence-corrected chi connectivity index (χ3v) is 4.86. The molecule has 0 radical (unpaired) electrons. The van der Waals surface area contributed by atoms with Crippen LogP contribution in [0.15, 0.2) is 35.7 Å². The predicted molar refractivity (Wildman–Crippen MR) is 104 cm³/mol. The lowest BCUT2D eigenvalue weighted by Gasteiger charge is -2.20. The van der Waals surface area contributed by atoms with Crippen molar-refractivity contribution in [1.82, 2.24) is 4.90 Å². The summed E-state index contributed by atoms with van der Waals surface area (Å²) in [5, 5.41) is 14.2. The smallest absolute Gasteiger partial charge is 0.226 e. The van der Waals surface area contributed by atoms with E-state index in [9.17, 15) is 4.79 Å². The number of nitriles is 1. The fourth-order valence-corrected chi connectivity index (χ4v) is 3.23. The van der Waals surface area contributed by atoms with Crippen molar-refractivity contribution >= 4 is 22.2 Å². The third-order valence-electron chi connectivity index (χ3n) is 4.03. The molecule has 2 aromatic rings. The van der Waals surface area contributed by atoms with Gasteiger partial charge in [-0.1, -0.05) is 45.0 Å². The molecule has 0 aliphatic carbocycles. The Kier molecular flexibility index (Phi) is 6.35.